The molecule has 1 heterocycles. The second kappa shape index (κ2) is 5.41. The van der Waals surface area contributed by atoms with Crippen molar-refractivity contribution in [2.24, 2.45) is 0 Å². The van der Waals surface area contributed by atoms with Crippen LogP contribution in [0.3, 0.4) is 0 Å². The molecule has 0 radical (unpaired) electrons. The summed E-state index contributed by atoms with van der Waals surface area (Å²) in [6.07, 6.45) is 1.69. The van der Waals surface area contributed by atoms with E-state index in [2.05, 4.69) is 6.08 Å². The van der Waals surface area contributed by atoms with E-state index < -0.39 is 5.79 Å². The molecule has 0 bridgehead atoms. The smallest absolute Gasteiger partial charge is 0.413 e. The van der Waals surface area contributed by atoms with Crippen LogP contribution in [0, 0.1) is 0 Å². The number of benzene rings is 2. The topological polar surface area (TPSA) is 38.8 Å². The van der Waals surface area contributed by atoms with Gasteiger partial charge in [-0.15, -0.1) is 0 Å². The second-order valence-corrected chi connectivity index (χ2v) is 5.90. The molecule has 1 unspecified atom stereocenters. The lowest BCUT2D eigenvalue weighted by Gasteiger charge is -2.30. The fraction of sp³-hybridized carbons (Fsp3) is 0.250. The molecule has 0 saturated heterocycles. The van der Waals surface area contributed by atoms with Crippen LogP contribution in [0.25, 0.3) is 11.6 Å². The molecule has 2 aromatic carbocycles. The van der Waals surface area contributed by atoms with Gasteiger partial charge in [0.25, 0.3) is 0 Å². The van der Waals surface area contributed by atoms with Crippen molar-refractivity contribution in [1.82, 2.24) is 4.90 Å². The number of para-hydroxylation sites is 1. The Morgan fingerprint density at radius 1 is 1.08 bits per heavy atom. The van der Waals surface area contributed by atoms with Crippen molar-refractivity contribution in [2.45, 2.75) is 19.6 Å². The Bertz CT molecular complexity index is 838. The summed E-state index contributed by atoms with van der Waals surface area (Å²) < 4.78 is 12.2. The average Bonchev–Trinajstić information content (AvgIpc) is 3.06. The van der Waals surface area contributed by atoms with Gasteiger partial charge in [0, 0.05) is 24.2 Å². The third-order valence-electron chi connectivity index (χ3n) is 4.65. The molecular weight excluding hydrogens is 302 g/mol. The zero-order valence-electron chi connectivity index (χ0n) is 13.8. The Balaban J connectivity index is 1.82. The SMILES string of the molecule is CCN(CC)C(=O)OC12Oc3ccccc3C1=Cc1ccccc12. The molecule has 1 atom stereocenters. The summed E-state index contributed by atoms with van der Waals surface area (Å²) in [5.41, 5.74) is 3.76. The molecule has 122 valence electrons. The molecular formula is C20H19NO3. The number of rotatable bonds is 3. The van der Waals surface area contributed by atoms with Gasteiger partial charge >= 0.3 is 11.9 Å². The van der Waals surface area contributed by atoms with Gasteiger partial charge in [-0.2, -0.15) is 0 Å². The van der Waals surface area contributed by atoms with E-state index in [4.69, 9.17) is 9.47 Å². The average molecular weight is 321 g/mol. The Labute approximate surface area is 141 Å². The fourth-order valence-corrected chi connectivity index (χ4v) is 3.42. The predicted octanol–water partition coefficient (Wildman–Crippen LogP) is 4.26. The van der Waals surface area contributed by atoms with Gasteiger partial charge in [0.2, 0.25) is 0 Å². The van der Waals surface area contributed by atoms with E-state index in [-0.39, 0.29) is 6.09 Å². The first-order chi connectivity index (χ1) is 11.7. The van der Waals surface area contributed by atoms with E-state index >= 15 is 0 Å². The summed E-state index contributed by atoms with van der Waals surface area (Å²) in [4.78, 5) is 14.3. The van der Waals surface area contributed by atoms with Crippen LogP contribution >= 0.6 is 0 Å². The molecule has 4 nitrogen and oxygen atoms in total. The quantitative estimate of drug-likeness (QED) is 0.847. The van der Waals surface area contributed by atoms with Gasteiger partial charge in [-0.3, -0.25) is 0 Å². The van der Waals surface area contributed by atoms with E-state index in [1.54, 1.807) is 4.90 Å². The summed E-state index contributed by atoms with van der Waals surface area (Å²) in [6, 6.07) is 15.7. The first-order valence-electron chi connectivity index (χ1n) is 8.27. The van der Waals surface area contributed by atoms with Crippen molar-refractivity contribution >= 4 is 17.7 Å². The number of fused-ring (bicyclic) bond motifs is 5. The van der Waals surface area contributed by atoms with Gasteiger partial charge in [-0.25, -0.2) is 4.79 Å². The summed E-state index contributed by atoms with van der Waals surface area (Å²) in [6.45, 7) is 5.07. The lowest BCUT2D eigenvalue weighted by atomic mass is 9.99. The number of nitrogens with zero attached hydrogens (tertiary/aromatic N) is 1. The zero-order chi connectivity index (χ0) is 16.7. The van der Waals surface area contributed by atoms with E-state index in [0.717, 1.165) is 28.0 Å². The van der Waals surface area contributed by atoms with Crippen LogP contribution in [0.5, 0.6) is 5.75 Å². The molecule has 1 aliphatic heterocycles. The molecule has 4 rings (SSSR count). The standard InChI is InChI=1S/C20H19NO3/c1-3-21(4-2)19(22)24-20-16-11-7-5-9-14(16)13-17(20)15-10-6-8-12-18(15)23-20/h5-13H,3-4H2,1-2H3. The molecule has 2 aliphatic rings. The van der Waals surface area contributed by atoms with Crippen molar-refractivity contribution in [1.29, 1.82) is 0 Å². The Morgan fingerprint density at radius 3 is 2.58 bits per heavy atom. The number of hydrogen-bond acceptors (Lipinski definition) is 3. The van der Waals surface area contributed by atoms with Crippen molar-refractivity contribution in [3.63, 3.8) is 0 Å². The van der Waals surface area contributed by atoms with Crippen LogP contribution in [-0.4, -0.2) is 24.1 Å². The van der Waals surface area contributed by atoms with Crippen LogP contribution in [-0.2, 0) is 10.5 Å². The maximum absolute atomic E-state index is 12.7. The van der Waals surface area contributed by atoms with E-state index in [0.29, 0.717) is 13.1 Å². The molecule has 1 amide bonds. The molecule has 4 heteroatoms. The number of carbonyl (C=O) groups is 1. The summed E-state index contributed by atoms with van der Waals surface area (Å²) in [5.74, 6) is -0.439. The fourth-order valence-electron chi connectivity index (χ4n) is 3.42. The van der Waals surface area contributed by atoms with Crippen molar-refractivity contribution in [3.8, 4) is 5.75 Å². The summed E-state index contributed by atoms with van der Waals surface area (Å²) in [5, 5.41) is 0. The summed E-state index contributed by atoms with van der Waals surface area (Å²) in [7, 11) is 0. The third kappa shape index (κ3) is 1.96. The lowest BCUT2D eigenvalue weighted by molar-refractivity contribution is -0.0975. The monoisotopic (exact) mass is 321 g/mol. The minimum absolute atomic E-state index is 0.365. The normalized spacial score (nSPS) is 19.7. The molecule has 0 aromatic heterocycles. The highest BCUT2D eigenvalue weighted by molar-refractivity contribution is 5.97. The molecule has 0 spiro atoms. The molecule has 24 heavy (non-hydrogen) atoms. The zero-order valence-corrected chi connectivity index (χ0v) is 13.8. The van der Waals surface area contributed by atoms with Crippen molar-refractivity contribution in [2.75, 3.05) is 13.1 Å². The van der Waals surface area contributed by atoms with Crippen molar-refractivity contribution < 1.29 is 14.3 Å². The Morgan fingerprint density at radius 2 is 1.79 bits per heavy atom. The van der Waals surface area contributed by atoms with Crippen LogP contribution < -0.4 is 4.74 Å². The number of carbonyl (C=O) groups excluding carboxylic acids is 1. The Hall–Kier alpha value is -2.75. The molecule has 1 aliphatic carbocycles. The van der Waals surface area contributed by atoms with Gasteiger partial charge in [-0.05, 0) is 31.6 Å². The maximum Gasteiger partial charge on any atom is 0.413 e. The first-order valence-corrected chi connectivity index (χ1v) is 8.27. The van der Waals surface area contributed by atoms with Gasteiger partial charge in [0.1, 0.15) is 5.75 Å². The molecule has 0 fully saturated rings. The van der Waals surface area contributed by atoms with Gasteiger partial charge < -0.3 is 14.4 Å². The van der Waals surface area contributed by atoms with Crippen LogP contribution in [0.15, 0.2) is 48.5 Å². The summed E-state index contributed by atoms with van der Waals surface area (Å²) >= 11 is 0. The van der Waals surface area contributed by atoms with E-state index in [1.807, 2.05) is 62.4 Å². The predicted molar refractivity (Wildman–Crippen MR) is 92.5 cm³/mol. The Kier molecular flexibility index (Phi) is 3.34. The van der Waals surface area contributed by atoms with Crippen LogP contribution in [0.2, 0.25) is 0 Å². The highest BCUT2D eigenvalue weighted by Gasteiger charge is 2.54. The second-order valence-electron chi connectivity index (χ2n) is 5.90. The van der Waals surface area contributed by atoms with Crippen molar-refractivity contribution in [3.05, 3.63) is 65.2 Å². The largest absolute Gasteiger partial charge is 0.443 e. The van der Waals surface area contributed by atoms with Crippen LogP contribution in [0.1, 0.15) is 30.5 Å². The highest BCUT2D eigenvalue weighted by atomic mass is 16.7. The molecule has 0 saturated carbocycles. The molecule has 2 aromatic rings. The van der Waals surface area contributed by atoms with Crippen LogP contribution in [0.4, 0.5) is 4.79 Å². The minimum atomic E-state index is -1.18. The number of hydrogen-bond donors (Lipinski definition) is 0. The molecule has 0 N–H and O–H groups in total. The van der Waals surface area contributed by atoms with E-state index in [1.165, 1.54) is 0 Å². The van der Waals surface area contributed by atoms with E-state index in [9.17, 15) is 4.79 Å². The first kappa shape index (κ1) is 14.8. The number of amides is 1. The lowest BCUT2D eigenvalue weighted by Crippen LogP contribution is -2.41. The maximum atomic E-state index is 12.7. The van der Waals surface area contributed by atoms with Gasteiger partial charge in [-0.1, -0.05) is 42.5 Å². The highest BCUT2D eigenvalue weighted by Crippen LogP contribution is 2.55. The van der Waals surface area contributed by atoms with Gasteiger partial charge in [0.05, 0.1) is 5.57 Å². The van der Waals surface area contributed by atoms with Gasteiger partial charge in [0.15, 0.2) is 0 Å². The third-order valence-corrected chi connectivity index (χ3v) is 4.65. The minimum Gasteiger partial charge on any atom is -0.443 e. The number of ether oxygens (including phenoxy) is 2.